The van der Waals surface area contributed by atoms with E-state index in [9.17, 15) is 9.18 Å². The number of benzene rings is 1. The summed E-state index contributed by atoms with van der Waals surface area (Å²) in [4.78, 5) is 23.4. The molecule has 1 aliphatic heterocycles. The topological polar surface area (TPSA) is 81.3 Å². The van der Waals surface area contributed by atoms with Gasteiger partial charge in [0.1, 0.15) is 5.82 Å². The number of amides is 1. The second-order valence-electron chi connectivity index (χ2n) is 7.05. The number of aromatic nitrogens is 2. The van der Waals surface area contributed by atoms with Crippen LogP contribution in [0.2, 0.25) is 0 Å². The average Bonchev–Trinajstić information content (AvgIpc) is 2.97. The number of nitrogens with zero attached hydrogens (tertiary/aromatic N) is 3. The van der Waals surface area contributed by atoms with Crippen LogP contribution in [0.5, 0.6) is 5.88 Å². The lowest BCUT2D eigenvalue weighted by Gasteiger charge is -2.19. The zero-order chi connectivity index (χ0) is 20.3. The van der Waals surface area contributed by atoms with Crippen molar-refractivity contribution in [1.82, 2.24) is 14.9 Å². The first-order valence-corrected chi connectivity index (χ1v) is 9.11. The third-order valence-electron chi connectivity index (χ3n) is 5.40. The Labute approximate surface area is 166 Å². The Balaban J connectivity index is 1.75. The van der Waals surface area contributed by atoms with Gasteiger partial charge in [-0.25, -0.2) is 14.4 Å². The van der Waals surface area contributed by atoms with Crippen molar-refractivity contribution in [1.29, 1.82) is 0 Å². The lowest BCUT2D eigenvalue weighted by molar-refractivity contribution is 0.0831. The first-order chi connectivity index (χ1) is 14.0. The van der Waals surface area contributed by atoms with Crippen LogP contribution in [0.1, 0.15) is 21.6 Å². The highest BCUT2D eigenvalue weighted by Gasteiger charge is 2.34. The fraction of sp³-hybridized carbons (Fsp3) is 0.136. The summed E-state index contributed by atoms with van der Waals surface area (Å²) in [6.45, 7) is 2.16. The first kappa shape index (κ1) is 17.4. The summed E-state index contributed by atoms with van der Waals surface area (Å²) < 4.78 is 20.1. The van der Waals surface area contributed by atoms with Gasteiger partial charge in [0.05, 0.1) is 36.1 Å². The van der Waals surface area contributed by atoms with Crippen LogP contribution in [0.25, 0.3) is 22.0 Å². The summed E-state index contributed by atoms with van der Waals surface area (Å²) in [5.74, 6) is -0.163. The minimum atomic E-state index is -0.426. The molecule has 3 heterocycles. The average molecular weight is 388 g/mol. The fourth-order valence-electron chi connectivity index (χ4n) is 3.82. The summed E-state index contributed by atoms with van der Waals surface area (Å²) in [7, 11) is 1.53. The number of methoxy groups -OCH3 is 1. The normalized spacial score (nSPS) is 14.8. The minimum absolute atomic E-state index is 0.185. The molecule has 0 spiro atoms. The van der Waals surface area contributed by atoms with E-state index < -0.39 is 5.82 Å². The van der Waals surface area contributed by atoms with Gasteiger partial charge in [-0.3, -0.25) is 4.79 Å². The SMILES string of the molecule is COc1cc(C)c(-c2c(F)ccc3c(N)c4c(nc23)CN(C2=CC=C2)C4=O)cn1. The van der Waals surface area contributed by atoms with Crippen LogP contribution in [-0.4, -0.2) is 27.9 Å². The van der Waals surface area contributed by atoms with Gasteiger partial charge >= 0.3 is 0 Å². The van der Waals surface area contributed by atoms with Crippen LogP contribution in [-0.2, 0) is 6.54 Å². The number of fused-ring (bicyclic) bond motifs is 2. The molecule has 0 bridgehead atoms. The highest BCUT2D eigenvalue weighted by atomic mass is 19.1. The molecule has 5 rings (SSSR count). The molecule has 6 nitrogen and oxygen atoms in total. The van der Waals surface area contributed by atoms with E-state index in [2.05, 4.69) is 9.97 Å². The smallest absolute Gasteiger partial charge is 0.262 e. The maximum absolute atomic E-state index is 15.0. The van der Waals surface area contributed by atoms with Gasteiger partial charge in [0, 0.05) is 34.5 Å². The van der Waals surface area contributed by atoms with E-state index in [1.165, 1.54) is 13.2 Å². The molecule has 144 valence electrons. The molecule has 2 aliphatic rings. The Kier molecular flexibility index (Phi) is 3.67. The fourth-order valence-corrected chi connectivity index (χ4v) is 3.82. The maximum Gasteiger partial charge on any atom is 0.262 e. The van der Waals surface area contributed by atoms with Crippen molar-refractivity contribution in [2.24, 2.45) is 0 Å². The molecule has 0 fully saturated rings. The summed E-state index contributed by atoms with van der Waals surface area (Å²) in [6.07, 6.45) is 7.15. The molecule has 7 heteroatoms. The summed E-state index contributed by atoms with van der Waals surface area (Å²) in [5.41, 5.74) is 10.6. The van der Waals surface area contributed by atoms with Crippen molar-refractivity contribution in [3.05, 3.63) is 71.0 Å². The molecule has 0 radical (unpaired) electrons. The Morgan fingerprint density at radius 1 is 1.28 bits per heavy atom. The number of carbonyl (C=O) groups is 1. The molecule has 2 N–H and O–H groups in total. The molecular formula is C22H17FN4O2. The van der Waals surface area contributed by atoms with Crippen LogP contribution in [0.15, 0.2) is 48.3 Å². The molecule has 1 aromatic carbocycles. The van der Waals surface area contributed by atoms with Crippen LogP contribution in [0.4, 0.5) is 10.1 Å². The molecular weight excluding hydrogens is 371 g/mol. The van der Waals surface area contributed by atoms with E-state index >= 15 is 0 Å². The third kappa shape index (κ3) is 2.44. The van der Waals surface area contributed by atoms with Crippen LogP contribution in [0, 0.1) is 12.7 Å². The molecule has 0 saturated carbocycles. The van der Waals surface area contributed by atoms with E-state index in [-0.39, 0.29) is 5.91 Å². The highest BCUT2D eigenvalue weighted by molar-refractivity contribution is 6.12. The van der Waals surface area contributed by atoms with E-state index in [4.69, 9.17) is 10.5 Å². The van der Waals surface area contributed by atoms with Gasteiger partial charge in [0.15, 0.2) is 0 Å². The predicted octanol–water partition coefficient (Wildman–Crippen LogP) is 3.74. The van der Waals surface area contributed by atoms with Crippen molar-refractivity contribution < 1.29 is 13.9 Å². The zero-order valence-corrected chi connectivity index (χ0v) is 15.9. The Hall–Kier alpha value is -3.74. The number of nitrogens with two attached hydrogens (primary N) is 1. The van der Waals surface area contributed by atoms with E-state index in [1.54, 1.807) is 23.2 Å². The molecule has 0 atom stereocenters. The third-order valence-corrected chi connectivity index (χ3v) is 5.40. The van der Waals surface area contributed by atoms with Crippen LogP contribution >= 0.6 is 0 Å². The summed E-state index contributed by atoms with van der Waals surface area (Å²) in [6, 6.07) is 4.66. The lowest BCUT2D eigenvalue weighted by atomic mass is 9.97. The van der Waals surface area contributed by atoms with Gasteiger partial charge in [-0.15, -0.1) is 0 Å². The van der Waals surface area contributed by atoms with Gasteiger partial charge in [0.2, 0.25) is 5.88 Å². The summed E-state index contributed by atoms with van der Waals surface area (Å²) in [5, 5.41) is 0.545. The summed E-state index contributed by atoms with van der Waals surface area (Å²) >= 11 is 0. The van der Waals surface area contributed by atoms with Crippen molar-refractivity contribution in [3.8, 4) is 17.0 Å². The van der Waals surface area contributed by atoms with Gasteiger partial charge < -0.3 is 15.4 Å². The Morgan fingerprint density at radius 3 is 2.72 bits per heavy atom. The number of allylic oxidation sites excluding steroid dienone is 3. The number of hydrogen-bond donors (Lipinski definition) is 1. The maximum atomic E-state index is 15.0. The number of anilines is 1. The van der Waals surface area contributed by atoms with Gasteiger partial charge in [-0.05, 0) is 36.8 Å². The second kappa shape index (κ2) is 6.13. The number of rotatable bonds is 3. The monoisotopic (exact) mass is 388 g/mol. The van der Waals surface area contributed by atoms with Gasteiger partial charge in [0.25, 0.3) is 5.91 Å². The highest BCUT2D eigenvalue weighted by Crippen LogP contribution is 2.40. The van der Waals surface area contributed by atoms with Crippen molar-refractivity contribution in [2.45, 2.75) is 13.5 Å². The number of carbonyl (C=O) groups excluding carboxylic acids is 1. The second-order valence-corrected chi connectivity index (χ2v) is 7.05. The van der Waals surface area contributed by atoms with Crippen molar-refractivity contribution in [2.75, 3.05) is 12.8 Å². The van der Waals surface area contributed by atoms with E-state index in [0.29, 0.717) is 51.4 Å². The Morgan fingerprint density at radius 2 is 2.07 bits per heavy atom. The number of nitrogen functional groups attached to an aromatic ring is 1. The lowest BCUT2D eigenvalue weighted by Crippen LogP contribution is -2.24. The molecule has 0 unspecified atom stereocenters. The number of pyridine rings is 2. The number of hydrogen-bond acceptors (Lipinski definition) is 5. The van der Waals surface area contributed by atoms with Gasteiger partial charge in [-0.1, -0.05) is 6.08 Å². The molecule has 0 saturated heterocycles. The first-order valence-electron chi connectivity index (χ1n) is 9.11. The molecule has 3 aromatic rings. The molecule has 1 aliphatic carbocycles. The zero-order valence-electron chi connectivity index (χ0n) is 15.9. The molecule has 1 amide bonds. The van der Waals surface area contributed by atoms with Crippen LogP contribution < -0.4 is 10.5 Å². The molecule has 29 heavy (non-hydrogen) atoms. The van der Waals surface area contributed by atoms with Gasteiger partial charge in [-0.2, -0.15) is 0 Å². The largest absolute Gasteiger partial charge is 0.481 e. The standard InChI is InChI=1S/C22H17FN4O2/c1-11-8-17(29-2)25-9-14(11)18-15(23)7-6-13-20(24)19-16(26-21(13)18)10-27(22(19)28)12-4-3-5-12/h3-9H,10H2,1-2H3,(H2,24,26). The number of aryl methyl sites for hydroxylation is 1. The van der Waals surface area contributed by atoms with Crippen molar-refractivity contribution in [3.63, 3.8) is 0 Å². The predicted molar refractivity (Wildman–Crippen MR) is 108 cm³/mol. The minimum Gasteiger partial charge on any atom is -0.481 e. The van der Waals surface area contributed by atoms with E-state index in [0.717, 1.165) is 11.3 Å². The number of ether oxygens (including phenoxy) is 1. The number of halogens is 1. The van der Waals surface area contributed by atoms with Crippen molar-refractivity contribution >= 4 is 22.5 Å². The quantitative estimate of drug-likeness (QED) is 0.739. The molecule has 2 aromatic heterocycles. The van der Waals surface area contributed by atoms with Crippen LogP contribution in [0.3, 0.4) is 0 Å². The Bertz CT molecular complexity index is 1280. The van der Waals surface area contributed by atoms with E-state index in [1.807, 2.05) is 25.2 Å².